The van der Waals surface area contributed by atoms with Crippen LogP contribution in [-0.2, 0) is 0 Å². The highest BCUT2D eigenvalue weighted by molar-refractivity contribution is 7.98. The molecule has 7 nitrogen and oxygen atoms in total. The van der Waals surface area contributed by atoms with Gasteiger partial charge in [0, 0.05) is 11.9 Å². The predicted molar refractivity (Wildman–Crippen MR) is 93.6 cm³/mol. The lowest BCUT2D eigenvalue weighted by Crippen LogP contribution is -2.24. The van der Waals surface area contributed by atoms with E-state index in [-0.39, 0.29) is 10.7 Å². The molecule has 3 N–H and O–H groups in total. The molecule has 0 unspecified atom stereocenters. The molecule has 0 spiro atoms. The standard InChI is InChI=1S/C17H12N4O3S/c18-14-13(17(24)20(19-14)10-6-2-1-3-7-10)25-21-15(22)11-8-4-5-9-12(11)16(21)23/h1-9,19H,18H2. The normalized spacial score (nSPS) is 13.4. The highest BCUT2D eigenvalue weighted by Crippen LogP contribution is 2.33. The summed E-state index contributed by atoms with van der Waals surface area (Å²) in [5, 5.41) is 2.77. The van der Waals surface area contributed by atoms with Gasteiger partial charge in [0.05, 0.1) is 16.8 Å². The third kappa shape index (κ3) is 2.34. The van der Waals surface area contributed by atoms with Crippen molar-refractivity contribution in [3.8, 4) is 5.69 Å². The van der Waals surface area contributed by atoms with E-state index in [2.05, 4.69) is 5.10 Å². The number of hydrogen-bond acceptors (Lipinski definition) is 5. The zero-order chi connectivity index (χ0) is 17.6. The van der Waals surface area contributed by atoms with Gasteiger partial charge in [0.15, 0.2) is 0 Å². The lowest BCUT2D eigenvalue weighted by Gasteiger charge is -2.10. The van der Waals surface area contributed by atoms with E-state index >= 15 is 0 Å². The van der Waals surface area contributed by atoms with Crippen LogP contribution in [0.25, 0.3) is 5.69 Å². The number of carbonyl (C=O) groups excluding carboxylic acids is 2. The monoisotopic (exact) mass is 352 g/mol. The molecule has 0 radical (unpaired) electrons. The van der Waals surface area contributed by atoms with E-state index in [0.29, 0.717) is 16.8 Å². The van der Waals surface area contributed by atoms with E-state index in [1.165, 1.54) is 4.68 Å². The number of nitrogens with one attached hydrogen (secondary N) is 1. The maximum atomic E-state index is 12.6. The van der Waals surface area contributed by atoms with Crippen LogP contribution in [0.3, 0.4) is 0 Å². The Morgan fingerprint density at radius 3 is 2.00 bits per heavy atom. The summed E-state index contributed by atoms with van der Waals surface area (Å²) in [6.45, 7) is 0. The van der Waals surface area contributed by atoms with Gasteiger partial charge in [0.25, 0.3) is 17.4 Å². The number of amides is 2. The first-order valence-corrected chi connectivity index (χ1v) is 8.17. The van der Waals surface area contributed by atoms with E-state index in [9.17, 15) is 14.4 Å². The van der Waals surface area contributed by atoms with Gasteiger partial charge in [-0.25, -0.2) is 8.99 Å². The van der Waals surface area contributed by atoms with Crippen LogP contribution in [0.15, 0.2) is 64.3 Å². The number of anilines is 1. The molecule has 1 aliphatic heterocycles. The van der Waals surface area contributed by atoms with Gasteiger partial charge in [-0.15, -0.1) is 0 Å². The smallest absolute Gasteiger partial charge is 0.288 e. The molecule has 0 aliphatic carbocycles. The summed E-state index contributed by atoms with van der Waals surface area (Å²) in [6.07, 6.45) is 0. The Morgan fingerprint density at radius 1 is 0.840 bits per heavy atom. The highest BCUT2D eigenvalue weighted by atomic mass is 32.2. The Morgan fingerprint density at radius 2 is 1.40 bits per heavy atom. The molecule has 1 aromatic heterocycles. The third-order valence-corrected chi connectivity index (χ3v) is 4.92. The Labute approximate surface area is 146 Å². The number of aromatic amines is 1. The van der Waals surface area contributed by atoms with Crippen molar-refractivity contribution in [2.75, 3.05) is 5.73 Å². The second-order valence-corrected chi connectivity index (χ2v) is 6.33. The molecule has 124 valence electrons. The molecule has 3 aromatic rings. The summed E-state index contributed by atoms with van der Waals surface area (Å²) in [5.74, 6) is -0.830. The molecule has 0 bridgehead atoms. The summed E-state index contributed by atoms with van der Waals surface area (Å²) in [6, 6.07) is 15.4. The van der Waals surface area contributed by atoms with Crippen LogP contribution in [-0.4, -0.2) is 25.9 Å². The van der Waals surface area contributed by atoms with E-state index in [1.54, 1.807) is 48.5 Å². The first-order valence-electron chi connectivity index (χ1n) is 7.39. The number of H-pyrrole nitrogens is 1. The molecule has 0 atom stereocenters. The highest BCUT2D eigenvalue weighted by Gasteiger charge is 2.37. The summed E-state index contributed by atoms with van der Waals surface area (Å²) < 4.78 is 2.23. The van der Waals surface area contributed by atoms with Crippen LogP contribution in [0.2, 0.25) is 0 Å². The maximum absolute atomic E-state index is 12.6. The van der Waals surface area contributed by atoms with Gasteiger partial charge >= 0.3 is 0 Å². The van der Waals surface area contributed by atoms with Crippen LogP contribution in [0, 0.1) is 0 Å². The molecule has 0 fully saturated rings. The molecule has 1 aliphatic rings. The van der Waals surface area contributed by atoms with Crippen molar-refractivity contribution < 1.29 is 9.59 Å². The molecule has 25 heavy (non-hydrogen) atoms. The number of fused-ring (bicyclic) bond motifs is 1. The molecular weight excluding hydrogens is 340 g/mol. The molecule has 0 saturated carbocycles. The van der Waals surface area contributed by atoms with Crippen LogP contribution in [0.1, 0.15) is 20.7 Å². The Hall–Kier alpha value is -3.26. The van der Waals surface area contributed by atoms with Crippen molar-refractivity contribution in [1.82, 2.24) is 14.1 Å². The Bertz CT molecular complexity index is 1020. The largest absolute Gasteiger partial charge is 0.383 e. The summed E-state index contributed by atoms with van der Waals surface area (Å²) in [4.78, 5) is 37.6. The van der Waals surface area contributed by atoms with Crippen LogP contribution in [0.5, 0.6) is 0 Å². The molecule has 8 heteroatoms. The summed E-state index contributed by atoms with van der Waals surface area (Å²) in [5.41, 5.74) is 6.72. The minimum absolute atomic E-state index is 0.0930. The summed E-state index contributed by atoms with van der Waals surface area (Å²) in [7, 11) is 0. The number of benzene rings is 2. The number of nitrogens with zero attached hydrogens (tertiary/aromatic N) is 2. The molecule has 2 aromatic carbocycles. The van der Waals surface area contributed by atoms with Crippen molar-refractivity contribution >= 4 is 29.6 Å². The van der Waals surface area contributed by atoms with Gasteiger partial charge < -0.3 is 5.73 Å². The molecule has 0 saturated heterocycles. The zero-order valence-corrected chi connectivity index (χ0v) is 13.6. The number of imide groups is 1. The van der Waals surface area contributed by atoms with Gasteiger partial charge in [-0.05, 0) is 24.3 Å². The van der Waals surface area contributed by atoms with Crippen LogP contribution >= 0.6 is 11.9 Å². The van der Waals surface area contributed by atoms with Gasteiger partial charge in [-0.1, -0.05) is 30.3 Å². The van der Waals surface area contributed by atoms with Gasteiger partial charge in [-0.2, -0.15) is 0 Å². The summed E-state index contributed by atoms with van der Waals surface area (Å²) >= 11 is 0.737. The molecule has 2 heterocycles. The van der Waals surface area contributed by atoms with Crippen molar-refractivity contribution in [2.45, 2.75) is 4.90 Å². The molecule has 4 rings (SSSR count). The number of nitrogens with two attached hydrogens (primary N) is 1. The fourth-order valence-electron chi connectivity index (χ4n) is 2.63. The number of rotatable bonds is 3. The average molecular weight is 352 g/mol. The van der Waals surface area contributed by atoms with E-state index in [1.807, 2.05) is 6.07 Å². The lowest BCUT2D eigenvalue weighted by molar-refractivity contribution is 0.0777. The number of aromatic nitrogens is 2. The maximum Gasteiger partial charge on any atom is 0.288 e. The number of hydrogen-bond donors (Lipinski definition) is 2. The Kier molecular flexibility index (Phi) is 3.47. The fourth-order valence-corrected chi connectivity index (χ4v) is 3.49. The quantitative estimate of drug-likeness (QED) is 0.555. The van der Waals surface area contributed by atoms with Crippen LogP contribution < -0.4 is 11.3 Å². The fraction of sp³-hybridized carbons (Fsp3) is 0. The van der Waals surface area contributed by atoms with Crippen molar-refractivity contribution in [1.29, 1.82) is 0 Å². The minimum Gasteiger partial charge on any atom is -0.383 e. The second-order valence-electron chi connectivity index (χ2n) is 5.37. The van der Waals surface area contributed by atoms with Gasteiger partial charge in [0.1, 0.15) is 10.7 Å². The van der Waals surface area contributed by atoms with Crippen LogP contribution in [0.4, 0.5) is 5.82 Å². The SMILES string of the molecule is Nc1[nH]n(-c2ccccc2)c(=O)c1SN1C(=O)c2ccccc2C1=O. The first-order chi connectivity index (χ1) is 12.1. The van der Waals surface area contributed by atoms with Gasteiger partial charge in [0.2, 0.25) is 0 Å². The zero-order valence-electron chi connectivity index (χ0n) is 12.8. The van der Waals surface area contributed by atoms with E-state index in [4.69, 9.17) is 5.73 Å². The predicted octanol–water partition coefficient (Wildman–Crippen LogP) is 2.05. The number of para-hydroxylation sites is 1. The second kappa shape index (κ2) is 5.67. The number of carbonyl (C=O) groups is 2. The van der Waals surface area contributed by atoms with E-state index in [0.717, 1.165) is 16.3 Å². The first kappa shape index (κ1) is 15.3. The topological polar surface area (TPSA) is 101 Å². The molecule has 2 amide bonds. The van der Waals surface area contributed by atoms with E-state index < -0.39 is 17.4 Å². The Balaban J connectivity index is 1.72. The van der Waals surface area contributed by atoms with Gasteiger partial charge in [-0.3, -0.25) is 19.5 Å². The van der Waals surface area contributed by atoms with Crippen molar-refractivity contribution in [2.24, 2.45) is 0 Å². The van der Waals surface area contributed by atoms with Crippen molar-refractivity contribution in [3.63, 3.8) is 0 Å². The molecular formula is C17H12N4O3S. The van der Waals surface area contributed by atoms with Crippen molar-refractivity contribution in [3.05, 3.63) is 76.1 Å². The average Bonchev–Trinajstić information content (AvgIpc) is 3.06. The third-order valence-electron chi connectivity index (χ3n) is 3.83. The number of nitrogen functional groups attached to an aromatic ring is 1. The lowest BCUT2D eigenvalue weighted by atomic mass is 10.1. The minimum atomic E-state index is -0.461.